The number of H-pyrrole nitrogens is 1. The maximum absolute atomic E-state index is 5.89. The number of hydrogen-bond donors (Lipinski definition) is 3. The molecule has 20 heavy (non-hydrogen) atoms. The van der Waals surface area contributed by atoms with E-state index in [0.29, 0.717) is 29.4 Å². The lowest BCUT2D eigenvalue weighted by Gasteiger charge is -2.12. The summed E-state index contributed by atoms with van der Waals surface area (Å²) in [4.78, 5) is 19.8. The molecule has 0 aliphatic rings. The van der Waals surface area contributed by atoms with E-state index in [9.17, 15) is 0 Å². The number of nitrogens with two attached hydrogens (primary N) is 1. The van der Waals surface area contributed by atoms with Crippen LogP contribution in [-0.2, 0) is 6.54 Å². The monoisotopic (exact) mass is 269 g/mol. The zero-order chi connectivity index (χ0) is 13.9. The number of imidazole rings is 1. The van der Waals surface area contributed by atoms with Crippen molar-refractivity contribution in [3.63, 3.8) is 0 Å². The molecular formula is C13H15N7. The zero-order valence-corrected chi connectivity index (χ0v) is 11.0. The van der Waals surface area contributed by atoms with Crippen molar-refractivity contribution >= 4 is 17.0 Å². The number of pyridine rings is 1. The van der Waals surface area contributed by atoms with Crippen LogP contribution in [0.5, 0.6) is 0 Å². The molecule has 3 rings (SSSR count). The van der Waals surface area contributed by atoms with Gasteiger partial charge in [0.15, 0.2) is 11.5 Å². The third-order valence-electron chi connectivity index (χ3n) is 3.05. The molecule has 0 aromatic carbocycles. The van der Waals surface area contributed by atoms with Gasteiger partial charge in [-0.1, -0.05) is 6.07 Å². The Morgan fingerprint density at radius 3 is 3.10 bits per heavy atom. The molecule has 4 N–H and O–H groups in total. The van der Waals surface area contributed by atoms with Gasteiger partial charge < -0.3 is 16.0 Å². The number of aromatic amines is 1. The molecule has 3 aromatic heterocycles. The fraction of sp³-hybridized carbons (Fsp3) is 0.231. The van der Waals surface area contributed by atoms with E-state index in [4.69, 9.17) is 5.73 Å². The molecule has 3 aromatic rings. The summed E-state index contributed by atoms with van der Waals surface area (Å²) in [7, 11) is 0. The highest BCUT2D eigenvalue weighted by Gasteiger charge is 2.12. The fourth-order valence-corrected chi connectivity index (χ4v) is 1.93. The van der Waals surface area contributed by atoms with E-state index in [2.05, 4.69) is 30.2 Å². The Hall–Kier alpha value is -2.54. The first-order valence-electron chi connectivity index (χ1n) is 6.33. The number of nitrogens with zero attached hydrogens (tertiary/aromatic N) is 4. The second kappa shape index (κ2) is 5.22. The number of nitrogens with one attached hydrogen (secondary N) is 2. The lowest BCUT2D eigenvalue weighted by molar-refractivity contribution is 0.548. The summed E-state index contributed by atoms with van der Waals surface area (Å²) in [6, 6.07) is 3.89. The van der Waals surface area contributed by atoms with Gasteiger partial charge in [-0.25, -0.2) is 15.0 Å². The molecule has 3 heterocycles. The van der Waals surface area contributed by atoms with Crippen molar-refractivity contribution in [3.8, 4) is 0 Å². The molecule has 0 saturated heterocycles. The molecule has 0 aliphatic carbocycles. The maximum Gasteiger partial charge on any atom is 0.183 e. The molecule has 0 amide bonds. The van der Waals surface area contributed by atoms with E-state index in [1.54, 1.807) is 12.5 Å². The molecule has 0 aliphatic heterocycles. The van der Waals surface area contributed by atoms with Gasteiger partial charge in [0.1, 0.15) is 11.3 Å². The Morgan fingerprint density at radius 2 is 2.30 bits per heavy atom. The van der Waals surface area contributed by atoms with Crippen molar-refractivity contribution in [2.45, 2.75) is 19.5 Å². The van der Waals surface area contributed by atoms with Crippen molar-refractivity contribution in [1.82, 2.24) is 30.2 Å². The molecule has 7 nitrogen and oxygen atoms in total. The predicted molar refractivity (Wildman–Crippen MR) is 75.6 cm³/mol. The minimum Gasteiger partial charge on any atom is -0.382 e. The van der Waals surface area contributed by atoms with Crippen molar-refractivity contribution < 1.29 is 0 Å². The topological polar surface area (TPSA) is 105 Å². The second-order valence-corrected chi connectivity index (χ2v) is 4.53. The minimum atomic E-state index is -0.0291. The van der Waals surface area contributed by atoms with E-state index in [1.807, 2.05) is 25.3 Å². The van der Waals surface area contributed by atoms with Crippen LogP contribution >= 0.6 is 0 Å². The smallest absolute Gasteiger partial charge is 0.183 e. The fourth-order valence-electron chi connectivity index (χ4n) is 1.93. The summed E-state index contributed by atoms with van der Waals surface area (Å²) in [5, 5.41) is 3.34. The summed E-state index contributed by atoms with van der Waals surface area (Å²) >= 11 is 0. The molecule has 0 saturated carbocycles. The number of rotatable bonds is 4. The SMILES string of the molecule is CC(NCc1cccnc1)c1nc(N)c2[nH]cnc2n1. The third-order valence-corrected chi connectivity index (χ3v) is 3.05. The van der Waals surface area contributed by atoms with Crippen molar-refractivity contribution in [3.05, 3.63) is 42.2 Å². The maximum atomic E-state index is 5.89. The summed E-state index contributed by atoms with van der Waals surface area (Å²) in [5.74, 6) is 1.04. The van der Waals surface area contributed by atoms with Crippen LogP contribution in [0.1, 0.15) is 24.4 Å². The molecule has 7 heteroatoms. The Bertz CT molecular complexity index is 707. The minimum absolute atomic E-state index is 0.0291. The van der Waals surface area contributed by atoms with Crippen LogP contribution in [0.4, 0.5) is 5.82 Å². The van der Waals surface area contributed by atoms with Gasteiger partial charge in [-0.15, -0.1) is 0 Å². The first-order chi connectivity index (χ1) is 9.74. The number of anilines is 1. The van der Waals surface area contributed by atoms with Crippen LogP contribution in [0.2, 0.25) is 0 Å². The highest BCUT2D eigenvalue weighted by Crippen LogP contribution is 2.16. The lowest BCUT2D eigenvalue weighted by Crippen LogP contribution is -2.20. The van der Waals surface area contributed by atoms with Gasteiger partial charge >= 0.3 is 0 Å². The third kappa shape index (κ3) is 2.43. The average Bonchev–Trinajstić information content (AvgIpc) is 2.95. The van der Waals surface area contributed by atoms with E-state index in [0.717, 1.165) is 5.56 Å². The van der Waals surface area contributed by atoms with Crippen LogP contribution in [0.3, 0.4) is 0 Å². The van der Waals surface area contributed by atoms with Crippen LogP contribution in [0.25, 0.3) is 11.2 Å². The average molecular weight is 269 g/mol. The zero-order valence-electron chi connectivity index (χ0n) is 11.0. The normalized spacial score (nSPS) is 12.7. The highest BCUT2D eigenvalue weighted by molar-refractivity contribution is 5.80. The quantitative estimate of drug-likeness (QED) is 0.656. The van der Waals surface area contributed by atoms with Gasteiger partial charge in [-0.3, -0.25) is 4.98 Å². The molecule has 1 atom stereocenters. The van der Waals surface area contributed by atoms with Crippen LogP contribution in [0, 0.1) is 0 Å². The van der Waals surface area contributed by atoms with Gasteiger partial charge in [-0.2, -0.15) is 0 Å². The van der Waals surface area contributed by atoms with Crippen molar-refractivity contribution in [2.75, 3.05) is 5.73 Å². The Labute approximate surface area is 115 Å². The van der Waals surface area contributed by atoms with Gasteiger partial charge in [0.05, 0.1) is 12.4 Å². The number of nitrogen functional groups attached to an aromatic ring is 1. The summed E-state index contributed by atoms with van der Waals surface area (Å²) < 4.78 is 0. The number of aromatic nitrogens is 5. The van der Waals surface area contributed by atoms with Crippen LogP contribution in [-0.4, -0.2) is 24.9 Å². The summed E-state index contributed by atoms with van der Waals surface area (Å²) in [6.45, 7) is 2.68. The molecular weight excluding hydrogens is 254 g/mol. The number of fused-ring (bicyclic) bond motifs is 1. The molecule has 1 unspecified atom stereocenters. The highest BCUT2D eigenvalue weighted by atomic mass is 15.1. The molecule has 0 spiro atoms. The second-order valence-electron chi connectivity index (χ2n) is 4.53. The van der Waals surface area contributed by atoms with Crippen LogP contribution in [0.15, 0.2) is 30.9 Å². The van der Waals surface area contributed by atoms with Gasteiger partial charge in [0, 0.05) is 18.9 Å². The van der Waals surface area contributed by atoms with E-state index in [1.165, 1.54) is 0 Å². The van der Waals surface area contributed by atoms with Crippen molar-refractivity contribution in [2.24, 2.45) is 0 Å². The predicted octanol–water partition coefficient (Wildman–Crippen LogP) is 1.18. The number of hydrogen-bond acceptors (Lipinski definition) is 6. The summed E-state index contributed by atoms with van der Waals surface area (Å²) in [5.41, 5.74) is 8.25. The molecule has 0 bridgehead atoms. The van der Waals surface area contributed by atoms with Gasteiger partial charge in [0.25, 0.3) is 0 Å². The van der Waals surface area contributed by atoms with Crippen molar-refractivity contribution in [1.29, 1.82) is 0 Å². The Balaban J connectivity index is 1.76. The summed E-state index contributed by atoms with van der Waals surface area (Å²) in [6.07, 6.45) is 5.14. The Morgan fingerprint density at radius 1 is 1.40 bits per heavy atom. The van der Waals surface area contributed by atoms with E-state index in [-0.39, 0.29) is 6.04 Å². The van der Waals surface area contributed by atoms with E-state index >= 15 is 0 Å². The first kappa shape index (κ1) is 12.5. The van der Waals surface area contributed by atoms with Gasteiger partial charge in [-0.05, 0) is 18.6 Å². The standard InChI is InChI=1S/C13H15N7/c1-8(16-6-9-3-2-4-15-5-9)12-19-11(14)10-13(20-12)18-7-17-10/h2-5,7-8,16H,6H2,1H3,(H3,14,17,18,19,20). The first-order valence-corrected chi connectivity index (χ1v) is 6.33. The Kier molecular flexibility index (Phi) is 3.26. The van der Waals surface area contributed by atoms with Gasteiger partial charge in [0.2, 0.25) is 0 Å². The molecule has 102 valence electrons. The molecule has 0 fully saturated rings. The van der Waals surface area contributed by atoms with Crippen LogP contribution < -0.4 is 11.1 Å². The molecule has 0 radical (unpaired) electrons. The largest absolute Gasteiger partial charge is 0.382 e. The van der Waals surface area contributed by atoms with E-state index < -0.39 is 0 Å². The lowest BCUT2D eigenvalue weighted by atomic mass is 10.2.